The summed E-state index contributed by atoms with van der Waals surface area (Å²) in [5.74, 6) is 1.87. The number of fused-ring (bicyclic) bond motifs is 1. The predicted molar refractivity (Wildman–Crippen MR) is 119 cm³/mol. The van der Waals surface area contributed by atoms with E-state index in [2.05, 4.69) is 27.0 Å². The summed E-state index contributed by atoms with van der Waals surface area (Å²) < 4.78 is 7.67. The number of aromatic nitrogens is 2. The first-order valence-electron chi connectivity index (χ1n) is 10.0. The molecule has 0 bridgehead atoms. The number of carbonyl (C=O) groups excluding carboxylic acids is 1. The molecule has 8 nitrogen and oxygen atoms in total. The van der Waals surface area contributed by atoms with Gasteiger partial charge in [-0.25, -0.2) is 4.98 Å². The van der Waals surface area contributed by atoms with Crippen LogP contribution in [0.4, 0.5) is 0 Å². The molecule has 0 spiro atoms. The molecule has 2 aliphatic rings. The Balaban J connectivity index is 1.70. The van der Waals surface area contributed by atoms with Crippen molar-refractivity contribution >= 4 is 18.5 Å². The van der Waals surface area contributed by atoms with Crippen molar-refractivity contribution < 1.29 is 9.53 Å². The van der Waals surface area contributed by atoms with E-state index in [1.807, 2.05) is 54.8 Å². The average Bonchev–Trinajstić information content (AvgIpc) is 3.39. The number of benzene rings is 1. The summed E-state index contributed by atoms with van der Waals surface area (Å²) in [6.07, 6.45) is 6.12. The summed E-state index contributed by atoms with van der Waals surface area (Å²) in [6.45, 7) is 2.69. The average molecular weight is 429 g/mol. The van der Waals surface area contributed by atoms with Crippen molar-refractivity contribution in [2.75, 3.05) is 39.7 Å². The summed E-state index contributed by atoms with van der Waals surface area (Å²) in [7, 11) is 3.69. The van der Waals surface area contributed by atoms with Crippen molar-refractivity contribution in [3.8, 4) is 17.0 Å². The molecule has 160 valence electrons. The standard InChI is InChI=1S/C21H28N6O2S/c1-24-7-8-25(14-24)12-18-20-23-17(15-5-3-4-6-19(15)29-2)11-26(20)9-10-27(18)21(28)16(22)13-30/h3-8,11,16,18,30H,9-10,12-14,22H2,1-2H3. The maximum Gasteiger partial charge on any atom is 0.241 e. The fourth-order valence-electron chi connectivity index (χ4n) is 4.04. The fourth-order valence-corrected chi connectivity index (χ4v) is 4.19. The quantitative estimate of drug-likeness (QED) is 0.677. The largest absolute Gasteiger partial charge is 0.496 e. The molecule has 1 aromatic heterocycles. The number of para-hydroxylation sites is 1. The zero-order chi connectivity index (χ0) is 21.3. The number of hydrogen-bond donors (Lipinski definition) is 2. The molecule has 2 aliphatic heterocycles. The fraction of sp³-hybridized carbons (Fsp3) is 0.429. The number of imidazole rings is 1. The smallest absolute Gasteiger partial charge is 0.241 e. The second kappa shape index (κ2) is 8.61. The molecule has 2 unspecified atom stereocenters. The highest BCUT2D eigenvalue weighted by atomic mass is 32.1. The first-order valence-corrected chi connectivity index (χ1v) is 10.6. The van der Waals surface area contributed by atoms with Crippen LogP contribution in [-0.2, 0) is 11.3 Å². The van der Waals surface area contributed by atoms with Crippen LogP contribution in [0.1, 0.15) is 11.9 Å². The first-order chi connectivity index (χ1) is 14.5. The molecule has 0 aliphatic carbocycles. The van der Waals surface area contributed by atoms with Gasteiger partial charge in [-0.05, 0) is 12.1 Å². The second-order valence-electron chi connectivity index (χ2n) is 7.68. The first kappa shape index (κ1) is 20.6. The lowest BCUT2D eigenvalue weighted by Gasteiger charge is -2.39. The van der Waals surface area contributed by atoms with Gasteiger partial charge in [-0.3, -0.25) is 4.79 Å². The third-order valence-electron chi connectivity index (χ3n) is 5.59. The van der Waals surface area contributed by atoms with Gasteiger partial charge in [0.05, 0.1) is 25.5 Å². The van der Waals surface area contributed by atoms with Gasteiger partial charge in [0.2, 0.25) is 5.91 Å². The third kappa shape index (κ3) is 3.87. The Kier molecular flexibility index (Phi) is 5.92. The van der Waals surface area contributed by atoms with Crippen molar-refractivity contribution in [1.29, 1.82) is 0 Å². The SMILES string of the molecule is COc1ccccc1-c1cn2c(n1)C(CN1C=CN(C)C1)N(C(=O)C(N)CS)CC2. The molecule has 0 saturated carbocycles. The molecule has 1 aromatic carbocycles. The summed E-state index contributed by atoms with van der Waals surface area (Å²) in [5.41, 5.74) is 7.83. The van der Waals surface area contributed by atoms with Crippen molar-refractivity contribution in [2.24, 2.45) is 5.73 Å². The normalized spacial score (nSPS) is 19.2. The number of rotatable bonds is 6. The van der Waals surface area contributed by atoms with Gasteiger partial charge in [0.25, 0.3) is 0 Å². The number of thiol groups is 1. The summed E-state index contributed by atoms with van der Waals surface area (Å²) in [6, 6.07) is 7.02. The molecule has 0 saturated heterocycles. The van der Waals surface area contributed by atoms with E-state index >= 15 is 0 Å². The number of amides is 1. The zero-order valence-electron chi connectivity index (χ0n) is 17.3. The number of hydrogen-bond acceptors (Lipinski definition) is 7. The molecule has 9 heteroatoms. The van der Waals surface area contributed by atoms with Crippen LogP contribution in [0.15, 0.2) is 42.9 Å². The van der Waals surface area contributed by atoms with E-state index in [1.54, 1.807) is 7.11 Å². The highest BCUT2D eigenvalue weighted by Gasteiger charge is 2.36. The van der Waals surface area contributed by atoms with Crippen LogP contribution < -0.4 is 10.5 Å². The molecule has 2 aromatic rings. The van der Waals surface area contributed by atoms with Gasteiger partial charge >= 0.3 is 0 Å². The Hall–Kier alpha value is -2.65. The summed E-state index contributed by atoms with van der Waals surface area (Å²) in [4.78, 5) is 24.1. The molecule has 0 radical (unpaired) electrons. The molecule has 0 fully saturated rings. The van der Waals surface area contributed by atoms with Crippen molar-refractivity contribution in [2.45, 2.75) is 18.6 Å². The number of carbonyl (C=O) groups is 1. The second-order valence-corrected chi connectivity index (χ2v) is 8.05. The van der Waals surface area contributed by atoms with Crippen LogP contribution in [0.25, 0.3) is 11.3 Å². The lowest BCUT2D eigenvalue weighted by Crippen LogP contribution is -2.52. The van der Waals surface area contributed by atoms with Crippen molar-refractivity contribution in [3.63, 3.8) is 0 Å². The number of nitrogens with zero attached hydrogens (tertiary/aromatic N) is 5. The molecular formula is C21H28N6O2S. The van der Waals surface area contributed by atoms with E-state index in [4.69, 9.17) is 15.5 Å². The molecule has 3 heterocycles. The Labute approximate surface area is 182 Å². The van der Waals surface area contributed by atoms with Crippen molar-refractivity contribution in [1.82, 2.24) is 24.3 Å². The maximum absolute atomic E-state index is 13.0. The van der Waals surface area contributed by atoms with Crippen molar-refractivity contribution in [3.05, 3.63) is 48.7 Å². The number of nitrogens with two attached hydrogens (primary N) is 1. The van der Waals surface area contributed by atoms with Crippen LogP contribution >= 0.6 is 12.6 Å². The van der Waals surface area contributed by atoms with E-state index in [-0.39, 0.29) is 11.9 Å². The Morgan fingerprint density at radius 2 is 2.13 bits per heavy atom. The van der Waals surface area contributed by atoms with Gasteiger partial charge in [0.15, 0.2) is 0 Å². The van der Waals surface area contributed by atoms with Gasteiger partial charge in [-0.2, -0.15) is 12.6 Å². The maximum atomic E-state index is 13.0. The van der Waals surface area contributed by atoms with Crippen LogP contribution in [0.3, 0.4) is 0 Å². The highest BCUT2D eigenvalue weighted by molar-refractivity contribution is 7.80. The minimum absolute atomic E-state index is 0.0837. The summed E-state index contributed by atoms with van der Waals surface area (Å²) in [5, 5.41) is 0. The Bertz CT molecular complexity index is 945. The Morgan fingerprint density at radius 3 is 2.83 bits per heavy atom. The molecule has 2 atom stereocenters. The predicted octanol–water partition coefficient (Wildman–Crippen LogP) is 1.38. The highest BCUT2D eigenvalue weighted by Crippen LogP contribution is 2.33. The van der Waals surface area contributed by atoms with Gasteiger partial charge in [-0.1, -0.05) is 12.1 Å². The zero-order valence-corrected chi connectivity index (χ0v) is 18.2. The topological polar surface area (TPSA) is 79.9 Å². The van der Waals surface area contributed by atoms with E-state index in [0.29, 0.717) is 25.4 Å². The van der Waals surface area contributed by atoms with E-state index < -0.39 is 6.04 Å². The molecule has 2 N–H and O–H groups in total. The number of ether oxygens (including phenoxy) is 1. The van der Waals surface area contributed by atoms with Crippen LogP contribution in [-0.4, -0.2) is 75.9 Å². The Morgan fingerprint density at radius 1 is 1.33 bits per heavy atom. The number of methoxy groups -OCH3 is 1. The van der Waals surface area contributed by atoms with Gasteiger partial charge < -0.3 is 29.7 Å². The van der Waals surface area contributed by atoms with E-state index in [0.717, 1.165) is 29.5 Å². The lowest BCUT2D eigenvalue weighted by molar-refractivity contribution is -0.136. The van der Waals surface area contributed by atoms with Gasteiger partial charge in [-0.15, -0.1) is 0 Å². The van der Waals surface area contributed by atoms with Gasteiger partial charge in [0.1, 0.15) is 17.6 Å². The minimum atomic E-state index is -0.622. The monoisotopic (exact) mass is 428 g/mol. The molecular weight excluding hydrogens is 400 g/mol. The van der Waals surface area contributed by atoms with E-state index in [9.17, 15) is 4.79 Å². The lowest BCUT2D eigenvalue weighted by atomic mass is 10.1. The molecule has 30 heavy (non-hydrogen) atoms. The van der Waals surface area contributed by atoms with Crippen LogP contribution in [0.2, 0.25) is 0 Å². The van der Waals surface area contributed by atoms with E-state index in [1.165, 1.54) is 0 Å². The summed E-state index contributed by atoms with van der Waals surface area (Å²) >= 11 is 4.23. The third-order valence-corrected chi connectivity index (χ3v) is 5.98. The van der Waals surface area contributed by atoms with Crippen LogP contribution in [0.5, 0.6) is 5.75 Å². The molecule has 1 amide bonds. The van der Waals surface area contributed by atoms with Gasteiger partial charge in [0, 0.05) is 56.6 Å². The molecule has 4 rings (SSSR count). The minimum Gasteiger partial charge on any atom is -0.496 e. The van der Waals surface area contributed by atoms with Crippen LogP contribution in [0, 0.1) is 0 Å².